The highest BCUT2D eigenvalue weighted by Crippen LogP contribution is 2.26. The number of amides is 2. The number of hydrogen-bond donors (Lipinski definition) is 2. The van der Waals surface area contributed by atoms with E-state index in [0.29, 0.717) is 5.69 Å². The van der Waals surface area contributed by atoms with Gasteiger partial charge in [-0.25, -0.2) is 8.78 Å². The molecule has 0 unspecified atom stereocenters. The van der Waals surface area contributed by atoms with Gasteiger partial charge in [0.15, 0.2) is 0 Å². The Balaban J connectivity index is 2.13. The highest BCUT2D eigenvalue weighted by atomic mass is 19.1. The Morgan fingerprint density at radius 1 is 0.778 bits per heavy atom. The summed E-state index contributed by atoms with van der Waals surface area (Å²) in [6.07, 6.45) is 0. The van der Waals surface area contributed by atoms with Gasteiger partial charge < -0.3 is 10.6 Å². The van der Waals surface area contributed by atoms with E-state index >= 15 is 0 Å². The van der Waals surface area contributed by atoms with Crippen LogP contribution in [-0.2, 0) is 15.0 Å². The zero-order valence-corrected chi connectivity index (χ0v) is 16.1. The van der Waals surface area contributed by atoms with Gasteiger partial charge in [0.2, 0.25) is 11.8 Å². The molecule has 0 aliphatic heterocycles. The van der Waals surface area contributed by atoms with E-state index < -0.39 is 34.6 Å². The Kier molecular flexibility index (Phi) is 5.68. The lowest BCUT2D eigenvalue weighted by Crippen LogP contribution is -2.42. The highest BCUT2D eigenvalue weighted by Gasteiger charge is 2.37. The molecule has 0 heterocycles. The maximum absolute atomic E-state index is 13.7. The third-order valence-electron chi connectivity index (χ3n) is 4.35. The van der Waals surface area contributed by atoms with Gasteiger partial charge in [-0.15, -0.1) is 0 Å². The minimum absolute atomic E-state index is 0.0223. The minimum Gasteiger partial charge on any atom is -0.325 e. The van der Waals surface area contributed by atoms with Crippen LogP contribution in [0.5, 0.6) is 0 Å². The second-order valence-electron chi connectivity index (χ2n) is 7.96. The van der Waals surface area contributed by atoms with E-state index in [9.17, 15) is 18.4 Å². The van der Waals surface area contributed by atoms with Crippen molar-refractivity contribution >= 4 is 23.2 Å². The van der Waals surface area contributed by atoms with Gasteiger partial charge in [-0.2, -0.15) is 0 Å². The molecule has 0 radical (unpaired) electrons. The van der Waals surface area contributed by atoms with Crippen LogP contribution in [0, 0.1) is 17.0 Å². The standard InChI is InChI=1S/C21H24F2N2O2/c1-20(2,3)13-9-11-14(12-10-13)24-18(26)21(4,5)19(27)25-17-15(22)7-6-8-16(17)23/h6-12H,1-5H3,(H,24,26)(H,25,27). The molecule has 6 heteroatoms. The molecule has 4 nitrogen and oxygen atoms in total. The number of nitrogens with one attached hydrogen (secondary N) is 2. The lowest BCUT2D eigenvalue weighted by Gasteiger charge is -2.23. The fourth-order valence-electron chi connectivity index (χ4n) is 2.33. The topological polar surface area (TPSA) is 58.2 Å². The third-order valence-corrected chi connectivity index (χ3v) is 4.35. The lowest BCUT2D eigenvalue weighted by molar-refractivity contribution is -0.135. The summed E-state index contributed by atoms with van der Waals surface area (Å²) >= 11 is 0. The number of hydrogen-bond acceptors (Lipinski definition) is 2. The number of halogens is 2. The monoisotopic (exact) mass is 374 g/mol. The fraction of sp³-hybridized carbons (Fsp3) is 0.333. The normalized spacial score (nSPS) is 11.8. The summed E-state index contributed by atoms with van der Waals surface area (Å²) in [5.74, 6) is -3.20. The number of anilines is 2. The maximum atomic E-state index is 13.7. The molecule has 2 aromatic rings. The largest absolute Gasteiger partial charge is 0.325 e. The van der Waals surface area contributed by atoms with Gasteiger partial charge in [-0.3, -0.25) is 9.59 Å². The summed E-state index contributed by atoms with van der Waals surface area (Å²) < 4.78 is 27.5. The molecule has 0 saturated carbocycles. The second-order valence-corrected chi connectivity index (χ2v) is 7.96. The molecular formula is C21H24F2N2O2. The summed E-state index contributed by atoms with van der Waals surface area (Å²) in [4.78, 5) is 25.0. The van der Waals surface area contributed by atoms with Crippen molar-refractivity contribution in [2.24, 2.45) is 5.41 Å². The summed E-state index contributed by atoms with van der Waals surface area (Å²) in [5.41, 5.74) is -0.500. The summed E-state index contributed by atoms with van der Waals surface area (Å²) in [5, 5.41) is 4.83. The predicted octanol–water partition coefficient (Wildman–Crippen LogP) is 4.87. The molecule has 0 aromatic heterocycles. The number of carbonyl (C=O) groups is 2. The van der Waals surface area contributed by atoms with Gasteiger partial charge in [0.05, 0.1) is 0 Å². The van der Waals surface area contributed by atoms with E-state index in [1.54, 1.807) is 12.1 Å². The van der Waals surface area contributed by atoms with E-state index in [4.69, 9.17) is 0 Å². The van der Waals surface area contributed by atoms with Crippen molar-refractivity contribution in [3.8, 4) is 0 Å². The van der Waals surface area contributed by atoms with Crippen molar-refractivity contribution in [3.63, 3.8) is 0 Å². The van der Waals surface area contributed by atoms with Crippen LogP contribution in [0.1, 0.15) is 40.2 Å². The van der Waals surface area contributed by atoms with Gasteiger partial charge in [-0.1, -0.05) is 39.0 Å². The van der Waals surface area contributed by atoms with Crippen LogP contribution < -0.4 is 10.6 Å². The van der Waals surface area contributed by atoms with Gasteiger partial charge in [0, 0.05) is 5.69 Å². The summed E-state index contributed by atoms with van der Waals surface area (Å²) in [6, 6.07) is 10.6. The van der Waals surface area contributed by atoms with Crippen LogP contribution in [0.25, 0.3) is 0 Å². The van der Waals surface area contributed by atoms with E-state index in [-0.39, 0.29) is 5.41 Å². The molecule has 0 spiro atoms. The molecule has 2 rings (SSSR count). The van der Waals surface area contributed by atoms with Crippen LogP contribution in [0.4, 0.5) is 20.2 Å². The van der Waals surface area contributed by atoms with E-state index in [1.807, 2.05) is 12.1 Å². The first-order valence-electron chi connectivity index (χ1n) is 8.60. The Hall–Kier alpha value is -2.76. The fourth-order valence-corrected chi connectivity index (χ4v) is 2.33. The Bertz CT molecular complexity index is 833. The Morgan fingerprint density at radius 3 is 1.74 bits per heavy atom. The van der Waals surface area contributed by atoms with Crippen molar-refractivity contribution in [1.29, 1.82) is 0 Å². The van der Waals surface area contributed by atoms with Crippen LogP contribution in [-0.4, -0.2) is 11.8 Å². The second kappa shape index (κ2) is 7.47. The first-order chi connectivity index (χ1) is 12.4. The van der Waals surface area contributed by atoms with Gasteiger partial charge >= 0.3 is 0 Å². The van der Waals surface area contributed by atoms with Crippen LogP contribution in [0.2, 0.25) is 0 Å². The molecule has 2 aromatic carbocycles. The predicted molar refractivity (Wildman–Crippen MR) is 103 cm³/mol. The van der Waals surface area contributed by atoms with Gasteiger partial charge in [0.1, 0.15) is 22.7 Å². The van der Waals surface area contributed by atoms with Crippen molar-refractivity contribution in [2.45, 2.75) is 40.0 Å². The quantitative estimate of drug-likeness (QED) is 0.751. The molecule has 0 atom stereocenters. The number of rotatable bonds is 4. The van der Waals surface area contributed by atoms with E-state index in [2.05, 4.69) is 31.4 Å². The number of para-hydroxylation sites is 1. The summed E-state index contributed by atoms with van der Waals surface area (Å²) in [6.45, 7) is 9.02. The summed E-state index contributed by atoms with van der Waals surface area (Å²) in [7, 11) is 0. The zero-order chi connectivity index (χ0) is 20.4. The number of carbonyl (C=O) groups excluding carboxylic acids is 2. The van der Waals surface area contributed by atoms with Crippen LogP contribution >= 0.6 is 0 Å². The molecular weight excluding hydrogens is 350 g/mol. The lowest BCUT2D eigenvalue weighted by atomic mass is 9.87. The number of benzene rings is 2. The maximum Gasteiger partial charge on any atom is 0.239 e. The van der Waals surface area contributed by atoms with Crippen LogP contribution in [0.15, 0.2) is 42.5 Å². The van der Waals surface area contributed by atoms with Gasteiger partial charge in [0.25, 0.3) is 0 Å². The first-order valence-corrected chi connectivity index (χ1v) is 8.60. The van der Waals surface area contributed by atoms with Crippen molar-refractivity contribution in [2.75, 3.05) is 10.6 Å². The first kappa shape index (κ1) is 20.6. The molecule has 0 saturated heterocycles. The molecule has 2 amide bonds. The van der Waals surface area contributed by atoms with Crippen LogP contribution in [0.3, 0.4) is 0 Å². The average molecular weight is 374 g/mol. The molecule has 27 heavy (non-hydrogen) atoms. The van der Waals surface area contributed by atoms with E-state index in [0.717, 1.165) is 17.7 Å². The van der Waals surface area contributed by atoms with Gasteiger partial charge in [-0.05, 0) is 49.1 Å². The van der Waals surface area contributed by atoms with Crippen molar-refractivity contribution in [3.05, 3.63) is 59.7 Å². The Morgan fingerprint density at radius 2 is 1.26 bits per heavy atom. The molecule has 0 aliphatic rings. The average Bonchev–Trinajstić information content (AvgIpc) is 2.57. The van der Waals surface area contributed by atoms with Crippen molar-refractivity contribution in [1.82, 2.24) is 0 Å². The smallest absolute Gasteiger partial charge is 0.239 e. The highest BCUT2D eigenvalue weighted by molar-refractivity contribution is 6.14. The van der Waals surface area contributed by atoms with Crippen molar-refractivity contribution < 1.29 is 18.4 Å². The zero-order valence-electron chi connectivity index (χ0n) is 16.1. The minimum atomic E-state index is -1.54. The third kappa shape index (κ3) is 4.70. The SMILES string of the molecule is CC(C)(C(=O)Nc1ccc(C(C)(C)C)cc1)C(=O)Nc1c(F)cccc1F. The molecule has 0 bridgehead atoms. The molecule has 0 fully saturated rings. The molecule has 2 N–H and O–H groups in total. The Labute approximate surface area is 158 Å². The molecule has 144 valence electrons. The molecule has 0 aliphatic carbocycles. The van der Waals surface area contributed by atoms with E-state index in [1.165, 1.54) is 19.9 Å².